The maximum absolute atomic E-state index is 13.9. The molecule has 0 aliphatic carbocycles. The van der Waals surface area contributed by atoms with E-state index in [1.54, 1.807) is 11.3 Å². The topological polar surface area (TPSA) is 63.0 Å². The van der Waals surface area contributed by atoms with Crippen LogP contribution in [0.2, 0.25) is 0 Å². The van der Waals surface area contributed by atoms with Crippen LogP contribution in [0.5, 0.6) is 0 Å². The Morgan fingerprint density at radius 1 is 1.12 bits per heavy atom. The van der Waals surface area contributed by atoms with Crippen LogP contribution in [-0.2, 0) is 4.74 Å². The van der Waals surface area contributed by atoms with Crippen LogP contribution in [-0.4, -0.2) is 64.6 Å². The number of thiazole rings is 1. The molecule has 0 bridgehead atoms. The highest BCUT2D eigenvalue weighted by Crippen LogP contribution is 2.33. The van der Waals surface area contributed by atoms with Crippen molar-refractivity contribution in [1.82, 2.24) is 19.3 Å². The van der Waals surface area contributed by atoms with E-state index in [2.05, 4.69) is 35.9 Å². The van der Waals surface area contributed by atoms with Crippen molar-refractivity contribution >= 4 is 38.2 Å². The summed E-state index contributed by atoms with van der Waals surface area (Å²) < 4.78 is 8.46. The monoisotopic (exact) mass is 449 g/mol. The first-order valence-corrected chi connectivity index (χ1v) is 11.8. The first kappa shape index (κ1) is 21.1. The fraction of sp³-hybridized carbons (Fsp3) is 0.375. The minimum Gasteiger partial charge on any atom is -0.379 e. The molecule has 7 nitrogen and oxygen atoms in total. The number of amides is 1. The fourth-order valence-electron chi connectivity index (χ4n) is 4.18. The summed E-state index contributed by atoms with van der Waals surface area (Å²) in [5.74, 6) is -0.0668. The Bertz CT molecular complexity index is 1290. The van der Waals surface area contributed by atoms with Crippen molar-refractivity contribution in [2.24, 2.45) is 0 Å². The third kappa shape index (κ3) is 3.79. The molecule has 0 unspecified atom stereocenters. The lowest BCUT2D eigenvalue weighted by Gasteiger charge is -2.29. The molecule has 8 heteroatoms. The van der Waals surface area contributed by atoms with Crippen molar-refractivity contribution in [3.8, 4) is 0 Å². The summed E-state index contributed by atoms with van der Waals surface area (Å²) >= 11 is 1.57. The molecule has 166 valence electrons. The van der Waals surface area contributed by atoms with Crippen molar-refractivity contribution < 1.29 is 9.53 Å². The van der Waals surface area contributed by atoms with E-state index in [1.807, 2.05) is 40.6 Å². The summed E-state index contributed by atoms with van der Waals surface area (Å²) in [7, 11) is 0. The molecular formula is C24H27N5O2S. The zero-order valence-electron chi connectivity index (χ0n) is 18.7. The van der Waals surface area contributed by atoms with Crippen molar-refractivity contribution in [2.75, 3.05) is 44.3 Å². The van der Waals surface area contributed by atoms with E-state index in [1.165, 1.54) is 5.56 Å². The highest BCUT2D eigenvalue weighted by molar-refractivity contribution is 7.22. The van der Waals surface area contributed by atoms with Crippen LogP contribution >= 0.6 is 11.3 Å². The number of hydrogen-bond acceptors (Lipinski definition) is 6. The van der Waals surface area contributed by atoms with Crippen molar-refractivity contribution in [2.45, 2.75) is 20.8 Å². The van der Waals surface area contributed by atoms with Gasteiger partial charge in [-0.05, 0) is 50.1 Å². The molecule has 1 aromatic carbocycles. The van der Waals surface area contributed by atoms with E-state index in [-0.39, 0.29) is 5.91 Å². The number of morpholine rings is 1. The number of anilines is 1. The van der Waals surface area contributed by atoms with Gasteiger partial charge in [-0.25, -0.2) is 9.97 Å². The lowest BCUT2D eigenvalue weighted by atomic mass is 10.1. The second-order valence-electron chi connectivity index (χ2n) is 8.24. The minimum absolute atomic E-state index is 0.0668. The van der Waals surface area contributed by atoms with Crippen LogP contribution in [0.1, 0.15) is 27.3 Å². The number of rotatable bonds is 5. The predicted molar refractivity (Wildman–Crippen MR) is 128 cm³/mol. The number of imidazole rings is 1. The SMILES string of the molecule is Cc1ccc2sc(N(CCN3CCOCC3)C(=O)c3c(C)nc4ccccn34)nc2c1C. The summed E-state index contributed by atoms with van der Waals surface area (Å²) in [6, 6.07) is 10.0. The molecular weight excluding hydrogens is 422 g/mol. The van der Waals surface area contributed by atoms with Crippen LogP contribution in [0.3, 0.4) is 0 Å². The van der Waals surface area contributed by atoms with Crippen molar-refractivity contribution in [3.63, 3.8) is 0 Å². The normalized spacial score (nSPS) is 15.0. The van der Waals surface area contributed by atoms with Gasteiger partial charge in [0.05, 0.1) is 29.1 Å². The first-order chi connectivity index (χ1) is 15.5. The van der Waals surface area contributed by atoms with Gasteiger partial charge in [-0.1, -0.05) is 23.5 Å². The van der Waals surface area contributed by atoms with Crippen molar-refractivity contribution in [3.05, 3.63) is 59.0 Å². The predicted octanol–water partition coefficient (Wildman–Crippen LogP) is 3.85. The molecule has 0 spiro atoms. The van der Waals surface area contributed by atoms with E-state index in [0.717, 1.165) is 65.1 Å². The number of hydrogen-bond donors (Lipinski definition) is 0. The standard InChI is InChI=1S/C24H27N5O2S/c1-16-7-8-19-21(17(16)2)26-24(32-19)29(11-10-27-12-14-31-15-13-27)23(30)22-18(3)25-20-6-4-5-9-28(20)22/h4-9H,10-15H2,1-3H3. The van der Waals surface area contributed by atoms with Gasteiger partial charge in [0.1, 0.15) is 11.3 Å². The van der Waals surface area contributed by atoms with E-state index in [9.17, 15) is 4.79 Å². The van der Waals surface area contributed by atoms with Crippen LogP contribution in [0.4, 0.5) is 5.13 Å². The van der Waals surface area contributed by atoms with E-state index in [4.69, 9.17) is 9.72 Å². The maximum atomic E-state index is 13.9. The second kappa shape index (κ2) is 8.61. The molecule has 4 heterocycles. The lowest BCUT2D eigenvalue weighted by Crippen LogP contribution is -2.43. The van der Waals surface area contributed by atoms with Gasteiger partial charge in [-0.2, -0.15) is 0 Å². The number of nitrogens with zero attached hydrogens (tertiary/aromatic N) is 5. The minimum atomic E-state index is -0.0668. The van der Waals surface area contributed by atoms with Crippen LogP contribution in [0, 0.1) is 20.8 Å². The zero-order chi connectivity index (χ0) is 22.2. The number of carbonyl (C=O) groups is 1. The van der Waals surface area contributed by atoms with E-state index < -0.39 is 0 Å². The molecule has 0 N–H and O–H groups in total. The number of carbonyl (C=O) groups excluding carboxylic acids is 1. The van der Waals surface area contributed by atoms with E-state index in [0.29, 0.717) is 12.2 Å². The Labute approximate surface area is 191 Å². The van der Waals surface area contributed by atoms with Gasteiger partial charge in [0.15, 0.2) is 5.13 Å². The quantitative estimate of drug-likeness (QED) is 0.463. The van der Waals surface area contributed by atoms with Gasteiger partial charge in [-0.3, -0.25) is 19.0 Å². The molecule has 4 aromatic rings. The Morgan fingerprint density at radius 3 is 2.75 bits per heavy atom. The lowest BCUT2D eigenvalue weighted by molar-refractivity contribution is 0.0391. The van der Waals surface area contributed by atoms with Gasteiger partial charge in [0.2, 0.25) is 0 Å². The Morgan fingerprint density at radius 2 is 1.94 bits per heavy atom. The Balaban J connectivity index is 1.55. The van der Waals surface area contributed by atoms with Crippen LogP contribution in [0.25, 0.3) is 15.9 Å². The largest absolute Gasteiger partial charge is 0.379 e. The van der Waals surface area contributed by atoms with Crippen LogP contribution in [0.15, 0.2) is 36.5 Å². The summed E-state index contributed by atoms with van der Waals surface area (Å²) in [4.78, 5) is 27.6. The van der Waals surface area contributed by atoms with Gasteiger partial charge < -0.3 is 4.74 Å². The Kier molecular flexibility index (Phi) is 5.67. The van der Waals surface area contributed by atoms with Gasteiger partial charge in [-0.15, -0.1) is 0 Å². The number of benzene rings is 1. The number of fused-ring (bicyclic) bond motifs is 2. The molecule has 1 saturated heterocycles. The molecule has 32 heavy (non-hydrogen) atoms. The van der Waals surface area contributed by atoms with Gasteiger partial charge >= 0.3 is 0 Å². The number of aromatic nitrogens is 3. The molecule has 1 aliphatic rings. The molecule has 0 saturated carbocycles. The molecule has 5 rings (SSSR count). The zero-order valence-corrected chi connectivity index (χ0v) is 19.5. The van der Waals surface area contributed by atoms with Gasteiger partial charge in [0.25, 0.3) is 5.91 Å². The molecule has 1 fully saturated rings. The highest BCUT2D eigenvalue weighted by Gasteiger charge is 2.27. The molecule has 0 atom stereocenters. The fourth-order valence-corrected chi connectivity index (χ4v) is 5.23. The molecule has 0 radical (unpaired) electrons. The molecule has 1 aliphatic heterocycles. The summed E-state index contributed by atoms with van der Waals surface area (Å²) in [5.41, 5.74) is 5.44. The smallest absolute Gasteiger partial charge is 0.279 e. The van der Waals surface area contributed by atoms with Crippen molar-refractivity contribution in [1.29, 1.82) is 0 Å². The second-order valence-corrected chi connectivity index (χ2v) is 9.25. The summed E-state index contributed by atoms with van der Waals surface area (Å²) in [6.07, 6.45) is 1.90. The van der Waals surface area contributed by atoms with Gasteiger partial charge in [0, 0.05) is 32.4 Å². The third-order valence-corrected chi connectivity index (χ3v) is 7.24. The third-order valence-electron chi connectivity index (χ3n) is 6.20. The highest BCUT2D eigenvalue weighted by atomic mass is 32.1. The summed E-state index contributed by atoms with van der Waals surface area (Å²) in [5, 5.41) is 0.734. The Hall–Kier alpha value is -2.81. The van der Waals surface area contributed by atoms with E-state index >= 15 is 0 Å². The molecule has 1 amide bonds. The number of ether oxygens (including phenoxy) is 1. The number of aryl methyl sites for hydroxylation is 3. The first-order valence-electron chi connectivity index (χ1n) is 11.0. The maximum Gasteiger partial charge on any atom is 0.279 e. The molecule has 3 aromatic heterocycles. The number of pyridine rings is 1. The van der Waals surface area contributed by atoms with Crippen LogP contribution < -0.4 is 4.90 Å². The summed E-state index contributed by atoms with van der Waals surface area (Å²) in [6.45, 7) is 10.7. The average Bonchev–Trinajstić information content (AvgIpc) is 3.38. The average molecular weight is 450 g/mol.